The van der Waals surface area contributed by atoms with Gasteiger partial charge in [0.1, 0.15) is 0 Å². The van der Waals surface area contributed by atoms with Crippen molar-refractivity contribution in [3.8, 4) is 17.2 Å². The minimum atomic E-state index is -0.426. The van der Waals surface area contributed by atoms with Gasteiger partial charge in [-0.3, -0.25) is 14.4 Å². The lowest BCUT2D eigenvalue weighted by atomic mass is 10.1. The first-order valence-electron chi connectivity index (χ1n) is 8.52. The van der Waals surface area contributed by atoms with Gasteiger partial charge < -0.3 is 29.3 Å². The van der Waals surface area contributed by atoms with Crippen LogP contribution in [-0.2, 0) is 9.59 Å². The Morgan fingerprint density at radius 2 is 1.44 bits per heavy atom. The molecule has 0 radical (unpaired) electrons. The summed E-state index contributed by atoms with van der Waals surface area (Å²) in [6.07, 6.45) is 0. The molecule has 9 heteroatoms. The van der Waals surface area contributed by atoms with Crippen molar-refractivity contribution in [1.82, 2.24) is 15.1 Å². The third-order valence-electron chi connectivity index (χ3n) is 4.40. The first-order chi connectivity index (χ1) is 12.9. The molecule has 148 valence electrons. The molecule has 0 aromatic heterocycles. The van der Waals surface area contributed by atoms with Gasteiger partial charge in [0.05, 0.1) is 27.9 Å². The van der Waals surface area contributed by atoms with Crippen molar-refractivity contribution in [2.75, 3.05) is 54.1 Å². The van der Waals surface area contributed by atoms with Gasteiger partial charge in [0.25, 0.3) is 5.91 Å². The summed E-state index contributed by atoms with van der Waals surface area (Å²) >= 11 is 0. The number of ether oxygens (including phenoxy) is 3. The highest BCUT2D eigenvalue weighted by atomic mass is 16.5. The lowest BCUT2D eigenvalue weighted by Crippen LogP contribution is -2.52. The summed E-state index contributed by atoms with van der Waals surface area (Å²) in [6.45, 7) is 3.30. The van der Waals surface area contributed by atoms with Gasteiger partial charge in [-0.25, -0.2) is 0 Å². The van der Waals surface area contributed by atoms with Crippen LogP contribution in [0.2, 0.25) is 0 Å². The van der Waals surface area contributed by atoms with Crippen molar-refractivity contribution >= 4 is 17.7 Å². The summed E-state index contributed by atoms with van der Waals surface area (Å²) in [6, 6.07) is 3.04. The van der Waals surface area contributed by atoms with Crippen LogP contribution >= 0.6 is 0 Å². The van der Waals surface area contributed by atoms with E-state index in [1.54, 1.807) is 9.80 Å². The van der Waals surface area contributed by atoms with Crippen LogP contribution in [0.15, 0.2) is 12.1 Å². The Morgan fingerprint density at radius 3 is 1.89 bits per heavy atom. The van der Waals surface area contributed by atoms with Crippen molar-refractivity contribution in [3.63, 3.8) is 0 Å². The molecule has 0 unspecified atom stereocenters. The second-order valence-electron chi connectivity index (χ2n) is 5.98. The molecule has 1 aliphatic heterocycles. The molecule has 1 aliphatic rings. The summed E-state index contributed by atoms with van der Waals surface area (Å²) < 4.78 is 15.7. The Balaban J connectivity index is 1.97. The molecule has 0 saturated carbocycles. The number of nitrogens with zero attached hydrogens (tertiary/aromatic N) is 2. The quantitative estimate of drug-likeness (QED) is 0.755. The molecule has 0 spiro atoms. The van der Waals surface area contributed by atoms with Crippen LogP contribution in [0.1, 0.15) is 17.3 Å². The molecular formula is C18H25N3O6. The normalized spacial score (nSPS) is 13.8. The first kappa shape index (κ1) is 20.3. The largest absolute Gasteiger partial charge is 0.493 e. The van der Waals surface area contributed by atoms with Crippen molar-refractivity contribution in [2.24, 2.45) is 0 Å². The van der Waals surface area contributed by atoms with Crippen molar-refractivity contribution in [1.29, 1.82) is 0 Å². The Bertz CT molecular complexity index is 688. The highest BCUT2D eigenvalue weighted by Crippen LogP contribution is 2.38. The lowest BCUT2D eigenvalue weighted by molar-refractivity contribution is -0.137. The van der Waals surface area contributed by atoms with Crippen molar-refractivity contribution in [2.45, 2.75) is 6.92 Å². The van der Waals surface area contributed by atoms with E-state index >= 15 is 0 Å². The first-order valence-corrected chi connectivity index (χ1v) is 8.52. The van der Waals surface area contributed by atoms with Crippen LogP contribution < -0.4 is 19.5 Å². The molecule has 9 nitrogen and oxygen atoms in total. The Kier molecular flexibility index (Phi) is 6.86. The number of nitrogens with one attached hydrogen (secondary N) is 1. The number of carbonyl (C=O) groups is 3. The van der Waals surface area contributed by atoms with E-state index in [0.717, 1.165) is 0 Å². The summed E-state index contributed by atoms with van der Waals surface area (Å²) in [4.78, 5) is 39.4. The van der Waals surface area contributed by atoms with Crippen LogP contribution in [0.3, 0.4) is 0 Å². The molecular weight excluding hydrogens is 354 g/mol. The van der Waals surface area contributed by atoms with Crippen LogP contribution in [0.4, 0.5) is 0 Å². The summed E-state index contributed by atoms with van der Waals surface area (Å²) in [7, 11) is 4.40. The van der Waals surface area contributed by atoms with Gasteiger partial charge in [-0.2, -0.15) is 0 Å². The number of piperazine rings is 1. The minimum absolute atomic E-state index is 0.00204. The van der Waals surface area contributed by atoms with E-state index in [4.69, 9.17) is 14.2 Å². The van der Waals surface area contributed by atoms with Crippen molar-refractivity contribution in [3.05, 3.63) is 17.7 Å². The van der Waals surface area contributed by atoms with E-state index in [0.29, 0.717) is 49.0 Å². The second-order valence-corrected chi connectivity index (χ2v) is 5.98. The number of benzene rings is 1. The molecule has 2 rings (SSSR count). The Hall–Kier alpha value is -2.97. The molecule has 3 amide bonds. The molecule has 0 aliphatic carbocycles. The van der Waals surface area contributed by atoms with Gasteiger partial charge in [0, 0.05) is 38.7 Å². The summed E-state index contributed by atoms with van der Waals surface area (Å²) in [5.74, 6) is 0.472. The monoisotopic (exact) mass is 379 g/mol. The topological polar surface area (TPSA) is 97.4 Å². The molecule has 1 saturated heterocycles. The summed E-state index contributed by atoms with van der Waals surface area (Å²) in [5, 5.41) is 2.61. The molecule has 0 bridgehead atoms. The van der Waals surface area contributed by atoms with E-state index in [9.17, 15) is 14.4 Å². The van der Waals surface area contributed by atoms with Gasteiger partial charge >= 0.3 is 0 Å². The maximum absolute atomic E-state index is 12.4. The fourth-order valence-electron chi connectivity index (χ4n) is 2.85. The van der Waals surface area contributed by atoms with Gasteiger partial charge in [0.15, 0.2) is 11.5 Å². The predicted octanol–water partition coefficient (Wildman–Crippen LogP) is 0.133. The molecule has 0 atom stereocenters. The van der Waals surface area contributed by atoms with Crippen LogP contribution in [0.5, 0.6) is 17.2 Å². The zero-order chi connectivity index (χ0) is 20.0. The zero-order valence-electron chi connectivity index (χ0n) is 16.0. The maximum atomic E-state index is 12.4. The minimum Gasteiger partial charge on any atom is -0.493 e. The average molecular weight is 379 g/mol. The van der Waals surface area contributed by atoms with Crippen LogP contribution in [-0.4, -0.2) is 81.6 Å². The van der Waals surface area contributed by atoms with Crippen LogP contribution in [0, 0.1) is 0 Å². The molecule has 1 N–H and O–H groups in total. The highest BCUT2D eigenvalue weighted by molar-refractivity contribution is 5.97. The number of carbonyl (C=O) groups excluding carboxylic acids is 3. The predicted molar refractivity (Wildman–Crippen MR) is 97.3 cm³/mol. The third kappa shape index (κ3) is 4.81. The highest BCUT2D eigenvalue weighted by Gasteiger charge is 2.23. The van der Waals surface area contributed by atoms with E-state index < -0.39 is 5.91 Å². The number of methoxy groups -OCH3 is 3. The third-order valence-corrected chi connectivity index (χ3v) is 4.40. The number of hydrogen-bond donors (Lipinski definition) is 1. The Morgan fingerprint density at radius 1 is 0.926 bits per heavy atom. The van der Waals surface area contributed by atoms with Gasteiger partial charge in [-0.1, -0.05) is 0 Å². The molecule has 1 fully saturated rings. The molecule has 1 aromatic rings. The van der Waals surface area contributed by atoms with Gasteiger partial charge in [0.2, 0.25) is 17.6 Å². The molecule has 1 heterocycles. The Labute approximate surface area is 158 Å². The zero-order valence-corrected chi connectivity index (χ0v) is 16.0. The maximum Gasteiger partial charge on any atom is 0.251 e. The summed E-state index contributed by atoms with van der Waals surface area (Å²) in [5.41, 5.74) is 0.290. The van der Waals surface area contributed by atoms with E-state index in [-0.39, 0.29) is 18.4 Å². The molecule has 1 aromatic carbocycles. The van der Waals surface area contributed by atoms with Crippen molar-refractivity contribution < 1.29 is 28.6 Å². The van der Waals surface area contributed by atoms with E-state index in [2.05, 4.69) is 5.32 Å². The van der Waals surface area contributed by atoms with Gasteiger partial charge in [-0.15, -0.1) is 0 Å². The number of rotatable bonds is 6. The lowest BCUT2D eigenvalue weighted by Gasteiger charge is -2.34. The number of hydrogen-bond acceptors (Lipinski definition) is 6. The average Bonchev–Trinajstić information content (AvgIpc) is 2.70. The fraction of sp³-hybridized carbons (Fsp3) is 0.500. The molecule has 27 heavy (non-hydrogen) atoms. The fourth-order valence-corrected chi connectivity index (χ4v) is 2.85. The van der Waals surface area contributed by atoms with Gasteiger partial charge in [-0.05, 0) is 12.1 Å². The second kappa shape index (κ2) is 9.11. The van der Waals surface area contributed by atoms with E-state index in [1.165, 1.54) is 40.4 Å². The number of amides is 3. The van der Waals surface area contributed by atoms with E-state index in [1.807, 2.05) is 0 Å². The smallest absolute Gasteiger partial charge is 0.251 e. The van der Waals surface area contributed by atoms with Crippen LogP contribution in [0.25, 0.3) is 0 Å². The standard InChI is InChI=1S/C18H25N3O6/c1-12(22)20-5-7-21(8-6-20)16(23)11-19-18(24)13-9-14(25-2)17(27-4)15(10-13)26-3/h9-10H,5-8,11H2,1-4H3,(H,19,24). The SMILES string of the molecule is COc1cc(C(=O)NCC(=O)N2CCN(C(C)=O)CC2)cc(OC)c1OC.